The molecule has 2 heteroatoms. The van der Waals surface area contributed by atoms with Gasteiger partial charge in [0.05, 0.1) is 0 Å². The predicted molar refractivity (Wildman–Crippen MR) is 64.7 cm³/mol. The van der Waals surface area contributed by atoms with E-state index in [1.165, 1.54) is 38.8 Å². The van der Waals surface area contributed by atoms with Crippen molar-refractivity contribution in [2.75, 3.05) is 33.7 Å². The van der Waals surface area contributed by atoms with E-state index in [0.29, 0.717) is 0 Å². The Labute approximate surface area is 90.1 Å². The molecule has 0 aromatic carbocycles. The number of hydrogen-bond donors (Lipinski definition) is 1. The number of rotatable bonds is 9. The third kappa shape index (κ3) is 8.52. The molecule has 0 spiro atoms. The van der Waals surface area contributed by atoms with E-state index in [2.05, 4.69) is 31.1 Å². The molecule has 14 heavy (non-hydrogen) atoms. The van der Waals surface area contributed by atoms with Crippen LogP contribution in [-0.4, -0.2) is 38.6 Å². The second-order valence-corrected chi connectivity index (χ2v) is 4.49. The number of unbranched alkanes of at least 4 members (excludes halogenated alkanes) is 3. The molecule has 0 aromatic heterocycles. The topological polar surface area (TPSA) is 15.3 Å². The van der Waals surface area contributed by atoms with Gasteiger partial charge in [-0.05, 0) is 39.5 Å². The van der Waals surface area contributed by atoms with E-state index in [1.807, 2.05) is 7.05 Å². The Balaban J connectivity index is 3.30. The Bertz CT molecular complexity index is 115. The lowest BCUT2D eigenvalue weighted by atomic mass is 10.1. The molecule has 0 fully saturated rings. The van der Waals surface area contributed by atoms with E-state index in [1.54, 1.807) is 0 Å². The molecule has 0 radical (unpaired) electrons. The number of nitrogens with zero attached hydrogens (tertiary/aromatic N) is 1. The van der Waals surface area contributed by atoms with E-state index in [4.69, 9.17) is 0 Å². The fraction of sp³-hybridized carbons (Fsp3) is 1.00. The molecule has 86 valence electrons. The van der Waals surface area contributed by atoms with E-state index in [9.17, 15) is 0 Å². The van der Waals surface area contributed by atoms with Gasteiger partial charge in [-0.15, -0.1) is 0 Å². The molecule has 0 aliphatic heterocycles. The fourth-order valence-corrected chi connectivity index (χ4v) is 1.84. The first-order valence-electron chi connectivity index (χ1n) is 6.03. The van der Waals surface area contributed by atoms with Crippen LogP contribution in [0.4, 0.5) is 0 Å². The van der Waals surface area contributed by atoms with Gasteiger partial charge in [-0.3, -0.25) is 0 Å². The molecule has 0 bridgehead atoms. The zero-order chi connectivity index (χ0) is 10.8. The minimum absolute atomic E-state index is 0.760. The van der Waals surface area contributed by atoms with Crippen molar-refractivity contribution in [3.8, 4) is 0 Å². The van der Waals surface area contributed by atoms with Crippen molar-refractivity contribution >= 4 is 0 Å². The average molecular weight is 200 g/mol. The van der Waals surface area contributed by atoms with Crippen molar-refractivity contribution in [2.45, 2.75) is 39.5 Å². The molecule has 0 heterocycles. The highest BCUT2D eigenvalue weighted by atomic mass is 15.1. The van der Waals surface area contributed by atoms with Crippen LogP contribution in [0.3, 0.4) is 0 Å². The molecule has 0 amide bonds. The molecule has 0 rings (SSSR count). The molecule has 1 N–H and O–H groups in total. The zero-order valence-corrected chi connectivity index (χ0v) is 10.5. The van der Waals surface area contributed by atoms with Crippen molar-refractivity contribution in [3.05, 3.63) is 0 Å². The van der Waals surface area contributed by atoms with Gasteiger partial charge >= 0.3 is 0 Å². The van der Waals surface area contributed by atoms with Crippen molar-refractivity contribution in [1.29, 1.82) is 0 Å². The van der Waals surface area contributed by atoms with Crippen LogP contribution in [0.5, 0.6) is 0 Å². The second-order valence-electron chi connectivity index (χ2n) is 4.49. The van der Waals surface area contributed by atoms with Crippen LogP contribution in [0.2, 0.25) is 0 Å². The zero-order valence-electron chi connectivity index (χ0n) is 10.5. The molecule has 1 atom stereocenters. The monoisotopic (exact) mass is 200 g/mol. The van der Waals surface area contributed by atoms with Crippen LogP contribution >= 0.6 is 0 Å². The molecule has 0 aliphatic rings. The summed E-state index contributed by atoms with van der Waals surface area (Å²) in [6.07, 6.45) is 5.47. The Hall–Kier alpha value is -0.0800. The van der Waals surface area contributed by atoms with Crippen molar-refractivity contribution in [2.24, 2.45) is 5.92 Å². The third-order valence-corrected chi connectivity index (χ3v) is 2.57. The summed E-state index contributed by atoms with van der Waals surface area (Å²) < 4.78 is 0. The highest BCUT2D eigenvalue weighted by molar-refractivity contribution is 4.60. The minimum Gasteiger partial charge on any atom is -0.319 e. The summed E-state index contributed by atoms with van der Waals surface area (Å²) in [5.41, 5.74) is 0. The van der Waals surface area contributed by atoms with Crippen LogP contribution in [-0.2, 0) is 0 Å². The SMILES string of the molecule is CCCCCCN(C)CC(C)CNC. The van der Waals surface area contributed by atoms with Gasteiger partial charge in [-0.2, -0.15) is 0 Å². The van der Waals surface area contributed by atoms with E-state index >= 15 is 0 Å². The molecular weight excluding hydrogens is 172 g/mol. The Morgan fingerprint density at radius 1 is 1.21 bits per heavy atom. The first kappa shape index (κ1) is 13.9. The molecular formula is C12H28N2. The van der Waals surface area contributed by atoms with Gasteiger partial charge in [0.15, 0.2) is 0 Å². The lowest BCUT2D eigenvalue weighted by Crippen LogP contribution is -2.30. The third-order valence-electron chi connectivity index (χ3n) is 2.57. The maximum atomic E-state index is 3.22. The second kappa shape index (κ2) is 9.47. The molecule has 0 aliphatic carbocycles. The van der Waals surface area contributed by atoms with Crippen LogP contribution in [0.15, 0.2) is 0 Å². The standard InChI is InChI=1S/C12H28N2/c1-5-6-7-8-9-14(4)11-12(2)10-13-3/h12-13H,5-11H2,1-4H3. The van der Waals surface area contributed by atoms with Gasteiger partial charge in [-0.1, -0.05) is 33.1 Å². The largest absolute Gasteiger partial charge is 0.319 e. The van der Waals surface area contributed by atoms with Gasteiger partial charge in [0.2, 0.25) is 0 Å². The van der Waals surface area contributed by atoms with Gasteiger partial charge in [0, 0.05) is 6.54 Å². The van der Waals surface area contributed by atoms with Crippen LogP contribution in [0, 0.1) is 5.92 Å². The lowest BCUT2D eigenvalue weighted by Gasteiger charge is -2.20. The van der Waals surface area contributed by atoms with E-state index in [0.717, 1.165) is 12.5 Å². The highest BCUT2D eigenvalue weighted by Crippen LogP contribution is 2.02. The van der Waals surface area contributed by atoms with Gasteiger partial charge in [-0.25, -0.2) is 0 Å². The molecule has 0 saturated heterocycles. The summed E-state index contributed by atoms with van der Waals surface area (Å²) >= 11 is 0. The van der Waals surface area contributed by atoms with Crippen LogP contribution < -0.4 is 5.32 Å². The van der Waals surface area contributed by atoms with Crippen molar-refractivity contribution < 1.29 is 0 Å². The molecule has 0 saturated carbocycles. The Morgan fingerprint density at radius 2 is 1.93 bits per heavy atom. The van der Waals surface area contributed by atoms with Crippen LogP contribution in [0.25, 0.3) is 0 Å². The predicted octanol–water partition coefficient (Wildman–Crippen LogP) is 2.35. The van der Waals surface area contributed by atoms with Crippen molar-refractivity contribution in [1.82, 2.24) is 10.2 Å². The maximum Gasteiger partial charge on any atom is 0.00161 e. The summed E-state index contributed by atoms with van der Waals surface area (Å²) in [5, 5.41) is 3.22. The smallest absolute Gasteiger partial charge is 0.00161 e. The Morgan fingerprint density at radius 3 is 2.50 bits per heavy atom. The summed E-state index contributed by atoms with van der Waals surface area (Å²) in [5.74, 6) is 0.760. The minimum atomic E-state index is 0.760. The maximum absolute atomic E-state index is 3.22. The van der Waals surface area contributed by atoms with Gasteiger partial charge in [0.25, 0.3) is 0 Å². The van der Waals surface area contributed by atoms with E-state index in [-0.39, 0.29) is 0 Å². The fourth-order valence-electron chi connectivity index (χ4n) is 1.84. The van der Waals surface area contributed by atoms with Gasteiger partial charge < -0.3 is 10.2 Å². The highest BCUT2D eigenvalue weighted by Gasteiger charge is 2.04. The molecule has 0 aromatic rings. The van der Waals surface area contributed by atoms with Crippen molar-refractivity contribution in [3.63, 3.8) is 0 Å². The van der Waals surface area contributed by atoms with Gasteiger partial charge in [0.1, 0.15) is 0 Å². The Kier molecular flexibility index (Phi) is 9.42. The molecule has 1 unspecified atom stereocenters. The first-order valence-corrected chi connectivity index (χ1v) is 6.03. The number of nitrogens with one attached hydrogen (secondary N) is 1. The summed E-state index contributed by atoms with van der Waals surface area (Å²) in [6.45, 7) is 8.16. The first-order chi connectivity index (χ1) is 6.70. The lowest BCUT2D eigenvalue weighted by molar-refractivity contribution is 0.277. The molecule has 2 nitrogen and oxygen atoms in total. The quantitative estimate of drug-likeness (QED) is 0.575. The summed E-state index contributed by atoms with van der Waals surface area (Å²) in [6, 6.07) is 0. The normalized spacial score (nSPS) is 13.5. The summed E-state index contributed by atoms with van der Waals surface area (Å²) in [4.78, 5) is 2.46. The van der Waals surface area contributed by atoms with E-state index < -0.39 is 0 Å². The number of hydrogen-bond acceptors (Lipinski definition) is 2. The summed E-state index contributed by atoms with van der Waals surface area (Å²) in [7, 11) is 4.26. The van der Waals surface area contributed by atoms with Crippen LogP contribution in [0.1, 0.15) is 39.5 Å². The average Bonchev–Trinajstić information content (AvgIpc) is 2.13.